The van der Waals surface area contributed by atoms with Crippen molar-refractivity contribution in [3.8, 4) is 5.88 Å². The molecule has 1 atom stereocenters. The maximum absolute atomic E-state index is 12.2. The molecule has 0 aliphatic carbocycles. The number of aliphatic carboxylic acids is 1. The van der Waals surface area contributed by atoms with Crippen LogP contribution in [0.15, 0.2) is 24.4 Å². The van der Waals surface area contributed by atoms with Crippen molar-refractivity contribution in [1.82, 2.24) is 9.88 Å². The quantitative estimate of drug-likeness (QED) is 0.769. The average molecular weight is 410 g/mol. The van der Waals surface area contributed by atoms with Gasteiger partial charge in [-0.15, -0.1) is 11.8 Å². The Morgan fingerprint density at radius 2 is 2.04 bits per heavy atom. The third kappa shape index (κ3) is 5.98. The largest absolute Gasteiger partial charge is 0.490 e. The minimum Gasteiger partial charge on any atom is -0.475 e. The minimum atomic E-state index is -5.08. The summed E-state index contributed by atoms with van der Waals surface area (Å²) in [5.74, 6) is -1.26. The monoisotopic (exact) mass is 410 g/mol. The molecule has 1 aromatic rings. The summed E-state index contributed by atoms with van der Waals surface area (Å²) >= 11 is 1.86. The van der Waals surface area contributed by atoms with Crippen LogP contribution in [-0.4, -0.2) is 69.4 Å². The molecule has 2 aliphatic heterocycles. The van der Waals surface area contributed by atoms with E-state index in [-0.39, 0.29) is 23.2 Å². The van der Waals surface area contributed by atoms with Crippen LogP contribution < -0.4 is 4.74 Å². The van der Waals surface area contributed by atoms with E-state index in [1.165, 1.54) is 0 Å². The molecular weight excluding hydrogens is 392 g/mol. The van der Waals surface area contributed by atoms with Gasteiger partial charge in [-0.05, 0) is 6.07 Å². The number of hydrogen-bond acceptors (Lipinski definition) is 5. The normalized spacial score (nSPS) is 20.4. The Balaban J connectivity index is 0.000000321. The molecule has 1 amide bonds. The van der Waals surface area contributed by atoms with E-state index in [0.717, 1.165) is 25.3 Å². The van der Waals surface area contributed by atoms with Crippen molar-refractivity contribution in [3.05, 3.63) is 24.4 Å². The molecule has 27 heavy (non-hydrogen) atoms. The van der Waals surface area contributed by atoms with Crippen LogP contribution in [0.25, 0.3) is 0 Å². The van der Waals surface area contributed by atoms with Crippen molar-refractivity contribution < 1.29 is 37.0 Å². The van der Waals surface area contributed by atoms with Crippen molar-refractivity contribution >= 4 is 23.6 Å². The lowest BCUT2D eigenvalue weighted by molar-refractivity contribution is -0.192. The van der Waals surface area contributed by atoms with Crippen LogP contribution >= 0.6 is 11.8 Å². The highest BCUT2D eigenvalue weighted by Crippen LogP contribution is 2.46. The van der Waals surface area contributed by atoms with E-state index in [0.29, 0.717) is 5.88 Å². The first-order valence-corrected chi connectivity index (χ1v) is 8.99. The molecule has 6 nitrogen and oxygen atoms in total. The van der Waals surface area contributed by atoms with Crippen LogP contribution in [0.4, 0.5) is 17.6 Å². The molecule has 0 saturated carbocycles. The fourth-order valence-corrected chi connectivity index (χ4v) is 4.27. The van der Waals surface area contributed by atoms with Gasteiger partial charge in [0, 0.05) is 37.5 Å². The van der Waals surface area contributed by atoms with Gasteiger partial charge >= 0.3 is 12.1 Å². The van der Waals surface area contributed by atoms with Gasteiger partial charge in [-0.1, -0.05) is 6.07 Å². The predicted octanol–water partition coefficient (Wildman–Crippen LogP) is 2.54. The number of ether oxygens (including phenoxy) is 1. The zero-order valence-electron chi connectivity index (χ0n) is 14.1. The number of carbonyl (C=O) groups is 2. The fourth-order valence-electron chi connectivity index (χ4n) is 2.75. The fraction of sp³-hybridized carbons (Fsp3) is 0.562. The Labute approximate surface area is 156 Å². The number of rotatable bonds is 4. The van der Waals surface area contributed by atoms with Crippen molar-refractivity contribution in [3.63, 3.8) is 0 Å². The van der Waals surface area contributed by atoms with Crippen LogP contribution in [0.2, 0.25) is 0 Å². The van der Waals surface area contributed by atoms with Gasteiger partial charge in [0.15, 0.2) is 0 Å². The van der Waals surface area contributed by atoms with E-state index < -0.39 is 18.8 Å². The van der Waals surface area contributed by atoms with Crippen molar-refractivity contribution in [1.29, 1.82) is 0 Å². The van der Waals surface area contributed by atoms with Crippen LogP contribution in [0.5, 0.6) is 5.88 Å². The number of alkyl halides is 4. The molecule has 1 spiro atoms. The van der Waals surface area contributed by atoms with E-state index in [1.807, 2.05) is 30.0 Å². The smallest absolute Gasteiger partial charge is 0.475 e. The highest BCUT2D eigenvalue weighted by atomic mass is 32.2. The lowest BCUT2D eigenvalue weighted by Crippen LogP contribution is -2.60. The molecule has 2 saturated heterocycles. The number of halogens is 4. The number of aromatic nitrogens is 1. The van der Waals surface area contributed by atoms with Crippen LogP contribution in [0.1, 0.15) is 12.8 Å². The number of amides is 1. The van der Waals surface area contributed by atoms with Crippen LogP contribution in [0.3, 0.4) is 0 Å². The Hall–Kier alpha value is -2.04. The van der Waals surface area contributed by atoms with Gasteiger partial charge in [0.1, 0.15) is 6.10 Å². The van der Waals surface area contributed by atoms with Crippen molar-refractivity contribution in [2.24, 2.45) is 0 Å². The summed E-state index contributed by atoms with van der Waals surface area (Å²) in [5.41, 5.74) is 0. The lowest BCUT2D eigenvalue weighted by atomic mass is 9.92. The number of pyridine rings is 1. The molecule has 0 bridgehead atoms. The van der Waals surface area contributed by atoms with Gasteiger partial charge in [-0.2, -0.15) is 13.2 Å². The molecule has 11 heteroatoms. The molecule has 2 fully saturated rings. The SMILES string of the molecule is O=C(CCF)N1CC2(CC(Oc3ccccn3)CS2)C1.O=C(O)C(F)(F)F. The number of thioether (sulfide) groups is 1. The molecule has 3 heterocycles. The highest BCUT2D eigenvalue weighted by molar-refractivity contribution is 8.01. The number of carbonyl (C=O) groups excluding carboxylic acids is 1. The van der Waals surface area contributed by atoms with Crippen LogP contribution in [-0.2, 0) is 9.59 Å². The maximum Gasteiger partial charge on any atom is 0.490 e. The summed E-state index contributed by atoms with van der Waals surface area (Å²) in [5, 5.41) is 7.12. The molecule has 2 aliphatic rings. The topological polar surface area (TPSA) is 79.7 Å². The summed E-state index contributed by atoms with van der Waals surface area (Å²) in [6.07, 6.45) is -2.29. The zero-order valence-corrected chi connectivity index (χ0v) is 14.9. The Bertz CT molecular complexity index is 654. The number of carboxylic acids is 1. The summed E-state index contributed by atoms with van der Waals surface area (Å²) in [6, 6.07) is 5.62. The van der Waals surface area contributed by atoms with Gasteiger partial charge in [0.05, 0.1) is 17.8 Å². The molecule has 1 N–H and O–H groups in total. The Morgan fingerprint density at radius 3 is 2.56 bits per heavy atom. The first-order chi connectivity index (χ1) is 12.6. The molecule has 0 aromatic carbocycles. The van der Waals surface area contributed by atoms with Crippen molar-refractivity contribution in [2.75, 3.05) is 25.5 Å². The molecule has 0 radical (unpaired) electrons. The number of hydrogen-bond donors (Lipinski definition) is 1. The van der Waals surface area contributed by atoms with E-state index in [1.54, 1.807) is 11.1 Å². The second kappa shape index (κ2) is 8.77. The van der Waals surface area contributed by atoms with E-state index >= 15 is 0 Å². The predicted molar refractivity (Wildman–Crippen MR) is 89.3 cm³/mol. The third-order valence-electron chi connectivity index (χ3n) is 3.96. The lowest BCUT2D eigenvalue weighted by Gasteiger charge is -2.47. The van der Waals surface area contributed by atoms with E-state index in [4.69, 9.17) is 14.6 Å². The molecule has 3 rings (SSSR count). The van der Waals surface area contributed by atoms with Gasteiger partial charge in [-0.3, -0.25) is 9.18 Å². The summed E-state index contributed by atoms with van der Waals surface area (Å²) in [7, 11) is 0. The van der Waals surface area contributed by atoms with Crippen molar-refractivity contribution in [2.45, 2.75) is 29.9 Å². The third-order valence-corrected chi connectivity index (χ3v) is 5.54. The Kier molecular flexibility index (Phi) is 6.90. The first-order valence-electron chi connectivity index (χ1n) is 8.01. The zero-order chi connectivity index (χ0) is 20.1. The standard InChI is InChI=1S/C14H17FN2O2S.C2HF3O2/c15-5-4-13(18)17-9-14(10-17)7-11(8-20-14)19-12-3-1-2-6-16-12;3-2(4,5)1(6)7/h1-3,6,11H,4-5,7-10H2;(H,6,7). The molecular formula is C16H18F4N2O4S. The van der Waals surface area contributed by atoms with Gasteiger partial charge in [-0.25, -0.2) is 9.78 Å². The molecule has 1 unspecified atom stereocenters. The average Bonchev–Trinajstić information content (AvgIpc) is 2.98. The van der Waals surface area contributed by atoms with Gasteiger partial charge in [0.25, 0.3) is 0 Å². The minimum absolute atomic E-state index is 0.00854. The number of nitrogens with zero attached hydrogens (tertiary/aromatic N) is 2. The highest BCUT2D eigenvalue weighted by Gasteiger charge is 2.51. The maximum atomic E-state index is 12.2. The molecule has 1 aromatic heterocycles. The Morgan fingerprint density at radius 1 is 1.37 bits per heavy atom. The first kappa shape index (κ1) is 21.3. The summed E-state index contributed by atoms with van der Waals surface area (Å²) < 4.78 is 49.9. The summed E-state index contributed by atoms with van der Waals surface area (Å²) in [6.45, 7) is 0.873. The second-order valence-electron chi connectivity index (χ2n) is 6.10. The number of carboxylic acid groups (broad SMARTS) is 1. The van der Waals surface area contributed by atoms with E-state index in [9.17, 15) is 22.4 Å². The van der Waals surface area contributed by atoms with Crippen LogP contribution in [0, 0.1) is 0 Å². The van der Waals surface area contributed by atoms with E-state index in [2.05, 4.69) is 4.98 Å². The van der Waals surface area contributed by atoms with Gasteiger partial charge < -0.3 is 14.7 Å². The number of likely N-dealkylation sites (tertiary alicyclic amines) is 1. The summed E-state index contributed by atoms with van der Waals surface area (Å²) in [4.78, 5) is 26.4. The second-order valence-corrected chi connectivity index (χ2v) is 7.59. The van der Waals surface area contributed by atoms with Gasteiger partial charge in [0.2, 0.25) is 11.8 Å². The molecule has 150 valence electrons.